The lowest BCUT2D eigenvalue weighted by molar-refractivity contribution is -0.125. The van der Waals surface area contributed by atoms with Crippen molar-refractivity contribution in [2.24, 2.45) is 9.98 Å². The van der Waals surface area contributed by atoms with Crippen LogP contribution in [0.1, 0.15) is 23.3 Å². The molecule has 0 saturated carbocycles. The molecule has 1 N–H and O–H groups in total. The Balaban J connectivity index is 1.46. The molecule has 0 aliphatic carbocycles. The van der Waals surface area contributed by atoms with Crippen LogP contribution in [0.2, 0.25) is 0 Å². The van der Waals surface area contributed by atoms with Gasteiger partial charge in [0.05, 0.1) is 24.1 Å². The lowest BCUT2D eigenvalue weighted by Crippen LogP contribution is -2.41. The normalized spacial score (nSPS) is 17.1. The molecule has 4 rings (SSSR count). The Hall–Kier alpha value is -2.96. The number of nitrogens with zero attached hydrogens (tertiary/aromatic N) is 4. The molecule has 9 heteroatoms. The Kier molecular flexibility index (Phi) is 5.74. The van der Waals surface area contributed by atoms with E-state index in [1.54, 1.807) is 11.3 Å². The average Bonchev–Trinajstić information content (AvgIpc) is 3.37. The number of nitriles is 1. The van der Waals surface area contributed by atoms with Gasteiger partial charge in [-0.25, -0.2) is 9.89 Å². The van der Waals surface area contributed by atoms with Crippen molar-refractivity contribution in [1.29, 1.82) is 5.26 Å². The van der Waals surface area contributed by atoms with E-state index in [1.807, 2.05) is 41.8 Å². The lowest BCUT2D eigenvalue weighted by atomic mass is 10.1. The van der Waals surface area contributed by atoms with E-state index in [0.717, 1.165) is 16.1 Å². The van der Waals surface area contributed by atoms with Crippen LogP contribution in [0.5, 0.6) is 0 Å². The van der Waals surface area contributed by atoms with Gasteiger partial charge in [-0.05, 0) is 30.0 Å². The number of carbonyl (C=O) groups excluding carboxylic acids is 2. The van der Waals surface area contributed by atoms with E-state index in [1.165, 1.54) is 16.7 Å². The van der Waals surface area contributed by atoms with Crippen molar-refractivity contribution in [1.82, 2.24) is 10.2 Å². The average molecular weight is 424 g/mol. The number of rotatable bonds is 6. The Bertz CT molecular complexity index is 1040. The fraction of sp³-hybridized carbons (Fsp3) is 0.250. The first-order valence-electron chi connectivity index (χ1n) is 9.06. The van der Waals surface area contributed by atoms with Gasteiger partial charge in [-0.15, -0.1) is 11.3 Å². The van der Waals surface area contributed by atoms with Gasteiger partial charge in [0, 0.05) is 16.9 Å². The maximum atomic E-state index is 13.0. The zero-order valence-corrected chi connectivity index (χ0v) is 17.0. The monoisotopic (exact) mass is 423 g/mol. The molecule has 29 heavy (non-hydrogen) atoms. The number of amidine groups is 2. The molecule has 0 radical (unpaired) electrons. The molecule has 0 saturated heterocycles. The van der Waals surface area contributed by atoms with Crippen LogP contribution in [0.4, 0.5) is 5.69 Å². The highest BCUT2D eigenvalue weighted by Crippen LogP contribution is 2.34. The molecule has 0 spiro atoms. The van der Waals surface area contributed by atoms with E-state index in [-0.39, 0.29) is 24.0 Å². The van der Waals surface area contributed by atoms with Crippen molar-refractivity contribution >= 4 is 51.6 Å². The number of nitrogens with one attached hydrogen (secondary N) is 1. The highest BCUT2D eigenvalue weighted by atomic mass is 32.2. The van der Waals surface area contributed by atoms with Gasteiger partial charge < -0.3 is 5.32 Å². The highest BCUT2D eigenvalue weighted by Gasteiger charge is 2.41. The summed E-state index contributed by atoms with van der Waals surface area (Å²) in [6.45, 7) is 0.491. The van der Waals surface area contributed by atoms with Crippen molar-refractivity contribution in [2.75, 3.05) is 5.75 Å². The fourth-order valence-electron chi connectivity index (χ4n) is 3.14. The number of amides is 2. The molecule has 1 aromatic heterocycles. The van der Waals surface area contributed by atoms with Crippen LogP contribution < -0.4 is 5.32 Å². The SMILES string of the molecule is N#CCSC1=Nc2ccccc2C2=NC(CCC(=O)NCc3cccs3)C(=O)N12. The van der Waals surface area contributed by atoms with Crippen LogP contribution in [-0.2, 0) is 16.1 Å². The number of thiophene rings is 1. The number of benzene rings is 1. The molecule has 2 aliphatic rings. The minimum Gasteiger partial charge on any atom is -0.351 e. The van der Waals surface area contributed by atoms with Crippen molar-refractivity contribution in [3.8, 4) is 6.07 Å². The smallest absolute Gasteiger partial charge is 0.259 e. The molecule has 7 nitrogen and oxygen atoms in total. The number of hydrogen-bond donors (Lipinski definition) is 1. The third-order valence-electron chi connectivity index (χ3n) is 4.50. The molecule has 146 valence electrons. The Labute approximate surface area is 176 Å². The molecule has 3 heterocycles. The van der Waals surface area contributed by atoms with Crippen LogP contribution in [-0.4, -0.2) is 39.5 Å². The topological polar surface area (TPSA) is 97.9 Å². The maximum absolute atomic E-state index is 13.0. The Morgan fingerprint density at radius 3 is 2.97 bits per heavy atom. The van der Waals surface area contributed by atoms with Gasteiger partial charge in [0.2, 0.25) is 5.91 Å². The van der Waals surface area contributed by atoms with E-state index >= 15 is 0 Å². The third-order valence-corrected chi connectivity index (χ3v) is 6.18. The molecule has 1 atom stereocenters. The van der Waals surface area contributed by atoms with Crippen LogP contribution >= 0.6 is 23.1 Å². The first-order valence-corrected chi connectivity index (χ1v) is 10.9. The molecule has 0 bridgehead atoms. The summed E-state index contributed by atoms with van der Waals surface area (Å²) in [5.41, 5.74) is 1.51. The van der Waals surface area contributed by atoms with Crippen LogP contribution in [0, 0.1) is 11.3 Å². The van der Waals surface area contributed by atoms with Crippen LogP contribution in [0.15, 0.2) is 51.8 Å². The molecular formula is C20H17N5O2S2. The summed E-state index contributed by atoms with van der Waals surface area (Å²) >= 11 is 2.80. The minimum absolute atomic E-state index is 0.107. The van der Waals surface area contributed by atoms with E-state index < -0.39 is 6.04 Å². The summed E-state index contributed by atoms with van der Waals surface area (Å²) in [5, 5.41) is 14.2. The summed E-state index contributed by atoms with van der Waals surface area (Å²) in [6.07, 6.45) is 0.541. The van der Waals surface area contributed by atoms with Gasteiger partial charge >= 0.3 is 0 Å². The first-order chi connectivity index (χ1) is 14.2. The van der Waals surface area contributed by atoms with E-state index in [4.69, 9.17) is 5.26 Å². The van der Waals surface area contributed by atoms with Gasteiger partial charge in [-0.2, -0.15) is 5.26 Å². The molecular weight excluding hydrogens is 406 g/mol. The van der Waals surface area contributed by atoms with Crippen molar-refractivity contribution in [2.45, 2.75) is 25.4 Å². The molecule has 1 aromatic carbocycles. The number of aliphatic imine (C=N–C) groups is 2. The Morgan fingerprint density at radius 2 is 2.17 bits per heavy atom. The summed E-state index contributed by atoms with van der Waals surface area (Å²) in [5.74, 6) is 0.424. The summed E-state index contributed by atoms with van der Waals surface area (Å²) in [4.78, 5) is 36.9. The largest absolute Gasteiger partial charge is 0.351 e. The second-order valence-electron chi connectivity index (χ2n) is 6.40. The number of carbonyl (C=O) groups is 2. The standard InChI is InChI=1S/C20H17N5O2S2/c21-9-11-29-20-24-15-6-2-1-5-14(15)18-23-16(19(27)25(18)20)7-8-17(26)22-12-13-4-3-10-28-13/h1-6,10,16H,7-8,11-12H2,(H,22,26). The van der Waals surface area contributed by atoms with E-state index in [0.29, 0.717) is 24.0 Å². The number of hydrogen-bond acceptors (Lipinski definition) is 7. The van der Waals surface area contributed by atoms with Gasteiger partial charge in [-0.1, -0.05) is 30.0 Å². The van der Waals surface area contributed by atoms with E-state index in [9.17, 15) is 9.59 Å². The van der Waals surface area contributed by atoms with Gasteiger partial charge in [0.1, 0.15) is 11.9 Å². The quantitative estimate of drug-likeness (QED) is 0.772. The van der Waals surface area contributed by atoms with E-state index in [2.05, 4.69) is 21.4 Å². The zero-order valence-electron chi connectivity index (χ0n) is 15.4. The van der Waals surface area contributed by atoms with Gasteiger partial charge in [0.15, 0.2) is 5.17 Å². The minimum atomic E-state index is -0.628. The fourth-order valence-corrected chi connectivity index (χ4v) is 4.45. The number of fused-ring (bicyclic) bond motifs is 3. The predicted octanol–water partition coefficient (Wildman–Crippen LogP) is 3.06. The first kappa shape index (κ1) is 19.4. The molecule has 1 unspecified atom stereocenters. The molecule has 0 fully saturated rings. The van der Waals surface area contributed by atoms with Crippen LogP contribution in [0.3, 0.4) is 0 Å². The number of para-hydroxylation sites is 1. The predicted molar refractivity (Wildman–Crippen MR) is 114 cm³/mol. The zero-order chi connectivity index (χ0) is 20.2. The second kappa shape index (κ2) is 8.59. The highest BCUT2D eigenvalue weighted by molar-refractivity contribution is 8.14. The third kappa shape index (κ3) is 4.09. The second-order valence-corrected chi connectivity index (χ2v) is 8.37. The summed E-state index contributed by atoms with van der Waals surface area (Å²) < 4.78 is 0. The Morgan fingerprint density at radius 1 is 1.31 bits per heavy atom. The molecule has 2 aliphatic heterocycles. The van der Waals surface area contributed by atoms with Crippen LogP contribution in [0.25, 0.3) is 0 Å². The maximum Gasteiger partial charge on any atom is 0.259 e. The van der Waals surface area contributed by atoms with Crippen molar-refractivity contribution in [3.63, 3.8) is 0 Å². The van der Waals surface area contributed by atoms with Gasteiger partial charge in [0.25, 0.3) is 5.91 Å². The van der Waals surface area contributed by atoms with Crippen molar-refractivity contribution < 1.29 is 9.59 Å². The lowest BCUT2D eigenvalue weighted by Gasteiger charge is -2.25. The summed E-state index contributed by atoms with van der Waals surface area (Å²) in [7, 11) is 0. The number of thioether (sulfide) groups is 1. The van der Waals surface area contributed by atoms with Crippen molar-refractivity contribution in [3.05, 3.63) is 52.2 Å². The molecule has 2 aromatic rings. The summed E-state index contributed by atoms with van der Waals surface area (Å²) in [6, 6.07) is 12.8. The molecule has 2 amide bonds. The van der Waals surface area contributed by atoms with Gasteiger partial charge in [-0.3, -0.25) is 14.6 Å².